The maximum Gasteiger partial charge on any atom is 0.306 e. The van der Waals surface area contributed by atoms with E-state index in [0.29, 0.717) is 32.9 Å². The minimum atomic E-state index is -0.487. The van der Waals surface area contributed by atoms with E-state index in [1.165, 1.54) is 0 Å². The lowest BCUT2D eigenvalue weighted by molar-refractivity contribution is -0.147. The quantitative estimate of drug-likeness (QED) is 0.456. The average Bonchev–Trinajstić information content (AvgIpc) is 2.62. The van der Waals surface area contributed by atoms with E-state index in [1.54, 1.807) is 43.3 Å². The third-order valence-electron chi connectivity index (χ3n) is 3.58. The summed E-state index contributed by atoms with van der Waals surface area (Å²) in [5.41, 5.74) is 1.33. The van der Waals surface area contributed by atoms with Crippen molar-refractivity contribution in [2.45, 2.75) is 19.8 Å². The van der Waals surface area contributed by atoms with Crippen LogP contribution in [0.25, 0.3) is 0 Å². The molecule has 0 aliphatic carbocycles. The van der Waals surface area contributed by atoms with E-state index in [-0.39, 0.29) is 19.6 Å². The molecule has 0 unspecified atom stereocenters. The third kappa shape index (κ3) is 6.94. The first-order valence-electron chi connectivity index (χ1n) is 8.15. The lowest BCUT2D eigenvalue weighted by Gasteiger charge is -2.10. The predicted octanol–water partition coefficient (Wildman–Crippen LogP) is 5.30. The number of esters is 1. The molecule has 2 aromatic rings. The van der Waals surface area contributed by atoms with E-state index < -0.39 is 11.9 Å². The molecule has 0 fully saturated rings. The molecule has 5 nitrogen and oxygen atoms in total. The normalized spacial score (nSPS) is 10.4. The Morgan fingerprint density at radius 1 is 1.07 bits per heavy atom. The second-order valence-corrected chi connectivity index (χ2v) is 6.90. The molecule has 0 saturated carbocycles. The van der Waals surface area contributed by atoms with Crippen molar-refractivity contribution in [1.82, 2.24) is 0 Å². The van der Waals surface area contributed by atoms with Crippen molar-refractivity contribution in [2.24, 2.45) is 0 Å². The summed E-state index contributed by atoms with van der Waals surface area (Å²) in [6.45, 7) is 1.70. The van der Waals surface area contributed by atoms with Crippen molar-refractivity contribution in [3.63, 3.8) is 0 Å². The Hall–Kier alpha value is -1.95. The van der Waals surface area contributed by atoms with Crippen LogP contribution in [0.2, 0.25) is 15.1 Å². The van der Waals surface area contributed by atoms with Crippen LogP contribution >= 0.6 is 34.8 Å². The Morgan fingerprint density at radius 2 is 1.85 bits per heavy atom. The molecule has 144 valence electrons. The molecular weight excluding hydrogens is 413 g/mol. The lowest BCUT2D eigenvalue weighted by Crippen LogP contribution is -2.21. The van der Waals surface area contributed by atoms with Gasteiger partial charge in [0, 0.05) is 22.2 Å². The van der Waals surface area contributed by atoms with Gasteiger partial charge in [0.1, 0.15) is 5.75 Å². The highest BCUT2D eigenvalue weighted by molar-refractivity contribution is 6.35. The first-order valence-corrected chi connectivity index (χ1v) is 9.28. The summed E-state index contributed by atoms with van der Waals surface area (Å²) in [5, 5.41) is 4.12. The predicted molar refractivity (Wildman–Crippen MR) is 107 cm³/mol. The van der Waals surface area contributed by atoms with Crippen molar-refractivity contribution in [3.8, 4) is 5.75 Å². The Kier molecular flexibility index (Phi) is 8.23. The topological polar surface area (TPSA) is 64.6 Å². The first kappa shape index (κ1) is 21.4. The molecule has 1 N–H and O–H groups in total. The summed E-state index contributed by atoms with van der Waals surface area (Å²) >= 11 is 17.8. The summed E-state index contributed by atoms with van der Waals surface area (Å²) in [6.07, 6.45) is 0.543. The van der Waals surface area contributed by atoms with Gasteiger partial charge in [-0.3, -0.25) is 9.59 Å². The van der Waals surface area contributed by atoms with Crippen molar-refractivity contribution < 1.29 is 19.1 Å². The van der Waals surface area contributed by atoms with Crippen LogP contribution in [0.3, 0.4) is 0 Å². The fraction of sp³-hybridized carbons (Fsp3) is 0.263. The number of carbonyl (C=O) groups excluding carboxylic acids is 2. The number of benzene rings is 2. The van der Waals surface area contributed by atoms with Gasteiger partial charge in [0.05, 0.1) is 11.6 Å². The van der Waals surface area contributed by atoms with E-state index in [1.807, 2.05) is 0 Å². The summed E-state index contributed by atoms with van der Waals surface area (Å²) in [5.74, 6) is -0.428. The second-order valence-electron chi connectivity index (χ2n) is 5.65. The molecule has 8 heteroatoms. The highest BCUT2D eigenvalue weighted by Crippen LogP contribution is 2.27. The number of anilines is 1. The van der Waals surface area contributed by atoms with Crippen molar-refractivity contribution >= 4 is 52.4 Å². The van der Waals surface area contributed by atoms with Crippen LogP contribution in [0.1, 0.15) is 18.4 Å². The van der Waals surface area contributed by atoms with Gasteiger partial charge in [-0.1, -0.05) is 40.9 Å². The van der Waals surface area contributed by atoms with Gasteiger partial charge < -0.3 is 14.8 Å². The molecule has 0 aliphatic rings. The fourth-order valence-corrected chi connectivity index (χ4v) is 2.78. The van der Waals surface area contributed by atoms with Crippen LogP contribution < -0.4 is 10.1 Å². The van der Waals surface area contributed by atoms with Gasteiger partial charge >= 0.3 is 5.97 Å². The fourth-order valence-electron chi connectivity index (χ4n) is 2.14. The maximum absolute atomic E-state index is 11.9. The second kappa shape index (κ2) is 10.4. The number of ether oxygens (including phenoxy) is 2. The Bertz CT molecular complexity index is 827. The number of hydrogen-bond acceptors (Lipinski definition) is 4. The van der Waals surface area contributed by atoms with E-state index in [2.05, 4.69) is 5.32 Å². The smallest absolute Gasteiger partial charge is 0.306 e. The van der Waals surface area contributed by atoms with Crippen molar-refractivity contribution in [1.29, 1.82) is 0 Å². The zero-order chi connectivity index (χ0) is 19.8. The van der Waals surface area contributed by atoms with Crippen LogP contribution in [0.4, 0.5) is 5.69 Å². The minimum Gasteiger partial charge on any atom is -0.492 e. The summed E-state index contributed by atoms with van der Waals surface area (Å²) < 4.78 is 10.4. The highest BCUT2D eigenvalue weighted by atomic mass is 35.5. The van der Waals surface area contributed by atoms with Crippen molar-refractivity contribution in [2.75, 3.05) is 18.5 Å². The van der Waals surface area contributed by atoms with E-state index in [9.17, 15) is 9.59 Å². The van der Waals surface area contributed by atoms with Gasteiger partial charge in [-0.05, 0) is 49.2 Å². The van der Waals surface area contributed by atoms with E-state index >= 15 is 0 Å². The van der Waals surface area contributed by atoms with Crippen LogP contribution in [-0.4, -0.2) is 25.1 Å². The minimum absolute atomic E-state index is 0.120. The number of nitrogens with one attached hydrogen (secondary N) is 1. The van der Waals surface area contributed by atoms with Gasteiger partial charge in [0.2, 0.25) is 0 Å². The number of amides is 1. The van der Waals surface area contributed by atoms with Gasteiger partial charge in [0.25, 0.3) is 5.91 Å². The molecule has 1 amide bonds. The molecule has 0 radical (unpaired) electrons. The molecule has 0 saturated heterocycles. The molecule has 2 aromatic carbocycles. The summed E-state index contributed by atoms with van der Waals surface area (Å²) in [4.78, 5) is 23.6. The number of rotatable bonds is 8. The third-order valence-corrected chi connectivity index (χ3v) is 4.52. The summed E-state index contributed by atoms with van der Waals surface area (Å²) in [6, 6.07) is 10.1. The molecule has 0 bridgehead atoms. The molecule has 0 spiro atoms. The number of halogens is 3. The van der Waals surface area contributed by atoms with Gasteiger partial charge in [0.15, 0.2) is 6.61 Å². The average molecular weight is 431 g/mol. The van der Waals surface area contributed by atoms with Crippen LogP contribution in [0, 0.1) is 6.92 Å². The Morgan fingerprint density at radius 3 is 2.59 bits per heavy atom. The monoisotopic (exact) mass is 429 g/mol. The van der Waals surface area contributed by atoms with Crippen LogP contribution in [-0.2, 0) is 14.3 Å². The van der Waals surface area contributed by atoms with Gasteiger partial charge in [-0.25, -0.2) is 0 Å². The van der Waals surface area contributed by atoms with Crippen LogP contribution in [0.5, 0.6) is 5.75 Å². The largest absolute Gasteiger partial charge is 0.492 e. The van der Waals surface area contributed by atoms with Gasteiger partial charge in [-0.2, -0.15) is 0 Å². The molecule has 27 heavy (non-hydrogen) atoms. The SMILES string of the molecule is Cc1c(Cl)cccc1NC(=O)COC(=O)CCCOc1ccc(Cl)cc1Cl. The molecule has 0 atom stereocenters. The first-order chi connectivity index (χ1) is 12.9. The van der Waals surface area contributed by atoms with Crippen LogP contribution in [0.15, 0.2) is 36.4 Å². The Balaban J connectivity index is 1.67. The molecule has 0 aliphatic heterocycles. The van der Waals surface area contributed by atoms with Crippen molar-refractivity contribution in [3.05, 3.63) is 57.0 Å². The lowest BCUT2D eigenvalue weighted by atomic mass is 10.2. The van der Waals surface area contributed by atoms with Gasteiger partial charge in [-0.15, -0.1) is 0 Å². The molecular formula is C19H18Cl3NO4. The molecule has 0 aromatic heterocycles. The zero-order valence-corrected chi connectivity index (χ0v) is 16.8. The van der Waals surface area contributed by atoms with E-state index in [0.717, 1.165) is 5.56 Å². The number of hydrogen-bond donors (Lipinski definition) is 1. The molecule has 2 rings (SSSR count). The number of carbonyl (C=O) groups is 2. The van der Waals surface area contributed by atoms with E-state index in [4.69, 9.17) is 44.3 Å². The summed E-state index contributed by atoms with van der Waals surface area (Å²) in [7, 11) is 0. The standard InChI is InChI=1S/C19H18Cl3NO4/c1-12-14(21)4-2-5-16(12)23-18(24)11-27-19(25)6-3-9-26-17-8-7-13(20)10-15(17)22/h2,4-5,7-8,10H,3,6,9,11H2,1H3,(H,23,24). The Labute approximate surface area is 172 Å². The maximum atomic E-state index is 11.9. The zero-order valence-electron chi connectivity index (χ0n) is 14.6. The molecule has 0 heterocycles. The highest BCUT2D eigenvalue weighted by Gasteiger charge is 2.10.